The predicted molar refractivity (Wildman–Crippen MR) is 92.1 cm³/mol. The second-order valence-corrected chi connectivity index (χ2v) is 7.71. The van der Waals surface area contributed by atoms with Gasteiger partial charge >= 0.3 is 0 Å². The van der Waals surface area contributed by atoms with Gasteiger partial charge in [-0.2, -0.15) is 0 Å². The van der Waals surface area contributed by atoms with Crippen molar-refractivity contribution in [3.63, 3.8) is 0 Å². The fourth-order valence-electron chi connectivity index (χ4n) is 4.90. The Hall–Kier alpha value is -1.84. The van der Waals surface area contributed by atoms with Gasteiger partial charge < -0.3 is 10.2 Å². The lowest BCUT2D eigenvalue weighted by Gasteiger charge is -2.53. The van der Waals surface area contributed by atoms with Crippen LogP contribution in [-0.2, 0) is 16.1 Å². The molecular weight excluding hydrogens is 300 g/mol. The van der Waals surface area contributed by atoms with Gasteiger partial charge in [0, 0.05) is 6.54 Å². The number of amides is 2. The van der Waals surface area contributed by atoms with Gasteiger partial charge in [0.1, 0.15) is 11.1 Å². The molecule has 4 heteroatoms. The number of nitrogens with one attached hydrogen (secondary N) is 1. The first-order valence-electron chi connectivity index (χ1n) is 9.35. The average molecular weight is 326 g/mol. The molecule has 4 nitrogen and oxygen atoms in total. The molecule has 0 aromatic heterocycles. The fraction of sp³-hybridized carbons (Fsp3) is 0.600. The van der Waals surface area contributed by atoms with Crippen LogP contribution in [0.4, 0.5) is 0 Å². The summed E-state index contributed by atoms with van der Waals surface area (Å²) in [5, 5.41) is 3.19. The van der Waals surface area contributed by atoms with Gasteiger partial charge in [0.2, 0.25) is 11.8 Å². The normalized spacial score (nSPS) is 25.2. The van der Waals surface area contributed by atoms with E-state index in [1.807, 2.05) is 23.1 Å². The molecule has 3 fully saturated rings. The number of benzene rings is 1. The van der Waals surface area contributed by atoms with E-state index in [0.29, 0.717) is 6.54 Å². The van der Waals surface area contributed by atoms with Crippen molar-refractivity contribution in [2.45, 2.75) is 75.4 Å². The first-order valence-corrected chi connectivity index (χ1v) is 9.35. The van der Waals surface area contributed by atoms with Crippen LogP contribution in [0.25, 0.3) is 0 Å². The van der Waals surface area contributed by atoms with Crippen LogP contribution in [0.5, 0.6) is 0 Å². The van der Waals surface area contributed by atoms with Crippen LogP contribution in [0.1, 0.15) is 63.4 Å². The van der Waals surface area contributed by atoms with Crippen molar-refractivity contribution < 1.29 is 9.59 Å². The highest BCUT2D eigenvalue weighted by Crippen LogP contribution is 2.43. The second-order valence-electron chi connectivity index (χ2n) is 7.71. The van der Waals surface area contributed by atoms with Gasteiger partial charge in [0.15, 0.2) is 0 Å². The van der Waals surface area contributed by atoms with E-state index in [0.717, 1.165) is 63.4 Å². The number of hydrogen-bond donors (Lipinski definition) is 1. The molecule has 128 valence electrons. The smallest absolute Gasteiger partial charge is 0.249 e. The lowest BCUT2D eigenvalue weighted by Crippen LogP contribution is -2.75. The first-order chi connectivity index (χ1) is 11.7. The minimum absolute atomic E-state index is 0.0969. The van der Waals surface area contributed by atoms with Crippen LogP contribution < -0.4 is 5.32 Å². The maximum Gasteiger partial charge on any atom is 0.249 e. The summed E-state index contributed by atoms with van der Waals surface area (Å²) < 4.78 is 0. The van der Waals surface area contributed by atoms with Crippen LogP contribution >= 0.6 is 0 Å². The Morgan fingerprint density at radius 3 is 2.17 bits per heavy atom. The molecule has 2 aliphatic carbocycles. The summed E-state index contributed by atoms with van der Waals surface area (Å²) in [5.41, 5.74) is -0.147. The molecule has 2 saturated carbocycles. The van der Waals surface area contributed by atoms with E-state index < -0.39 is 11.1 Å². The lowest BCUT2D eigenvalue weighted by molar-refractivity contribution is -0.166. The topological polar surface area (TPSA) is 49.4 Å². The Bertz CT molecular complexity index is 628. The van der Waals surface area contributed by atoms with Crippen LogP contribution in [0.15, 0.2) is 30.3 Å². The largest absolute Gasteiger partial charge is 0.340 e. The van der Waals surface area contributed by atoms with Crippen LogP contribution in [0, 0.1) is 0 Å². The number of carbonyl (C=O) groups is 2. The highest BCUT2D eigenvalue weighted by molar-refractivity contribution is 6.02. The summed E-state index contributed by atoms with van der Waals surface area (Å²) >= 11 is 0. The molecule has 2 spiro atoms. The Labute approximate surface area is 143 Å². The Morgan fingerprint density at radius 2 is 1.50 bits per heavy atom. The summed E-state index contributed by atoms with van der Waals surface area (Å²) in [6.45, 7) is 0.550. The highest BCUT2D eigenvalue weighted by atomic mass is 16.2. The zero-order chi connectivity index (χ0) is 16.6. The maximum absolute atomic E-state index is 13.5. The minimum Gasteiger partial charge on any atom is -0.340 e. The van der Waals surface area contributed by atoms with E-state index in [1.54, 1.807) is 0 Å². The van der Waals surface area contributed by atoms with Crippen molar-refractivity contribution in [1.29, 1.82) is 0 Å². The van der Waals surface area contributed by atoms with Crippen molar-refractivity contribution in [2.24, 2.45) is 0 Å². The third-order valence-electron chi connectivity index (χ3n) is 6.27. The van der Waals surface area contributed by atoms with E-state index in [-0.39, 0.29) is 11.8 Å². The third kappa shape index (κ3) is 2.35. The summed E-state index contributed by atoms with van der Waals surface area (Å²) in [7, 11) is 0. The molecule has 24 heavy (non-hydrogen) atoms. The molecule has 1 aromatic rings. The van der Waals surface area contributed by atoms with E-state index >= 15 is 0 Å². The van der Waals surface area contributed by atoms with Gasteiger partial charge in [-0.3, -0.25) is 9.59 Å². The third-order valence-corrected chi connectivity index (χ3v) is 6.27. The van der Waals surface area contributed by atoms with E-state index in [1.165, 1.54) is 0 Å². The summed E-state index contributed by atoms with van der Waals surface area (Å²) in [6, 6.07) is 10.1. The molecule has 0 atom stereocenters. The number of nitrogens with zero attached hydrogens (tertiary/aromatic N) is 1. The number of hydrogen-bond acceptors (Lipinski definition) is 2. The SMILES string of the molecule is O=C1N(Cc2ccccc2)C2(CCCCC2)C(=O)NC12CCCC2. The van der Waals surface area contributed by atoms with Crippen LogP contribution in [0.3, 0.4) is 0 Å². The van der Waals surface area contributed by atoms with E-state index in [9.17, 15) is 9.59 Å². The molecule has 4 rings (SSSR count). The van der Waals surface area contributed by atoms with Gasteiger partial charge in [-0.25, -0.2) is 0 Å². The van der Waals surface area contributed by atoms with Gasteiger partial charge in [-0.1, -0.05) is 62.4 Å². The second kappa shape index (κ2) is 5.91. The summed E-state index contributed by atoms with van der Waals surface area (Å²) in [6.07, 6.45) is 8.45. The molecule has 1 aromatic carbocycles. The molecule has 2 amide bonds. The van der Waals surface area contributed by atoms with Crippen LogP contribution in [0.2, 0.25) is 0 Å². The lowest BCUT2D eigenvalue weighted by atomic mass is 9.74. The molecule has 1 aliphatic heterocycles. The molecule has 0 unspecified atom stereocenters. The zero-order valence-corrected chi connectivity index (χ0v) is 14.2. The predicted octanol–water partition coefficient (Wildman–Crippen LogP) is 3.16. The Morgan fingerprint density at radius 1 is 0.875 bits per heavy atom. The van der Waals surface area contributed by atoms with Gasteiger partial charge in [-0.15, -0.1) is 0 Å². The van der Waals surface area contributed by atoms with Crippen molar-refractivity contribution in [3.05, 3.63) is 35.9 Å². The Kier molecular flexibility index (Phi) is 3.86. The Balaban J connectivity index is 1.72. The minimum atomic E-state index is -0.630. The van der Waals surface area contributed by atoms with Crippen molar-refractivity contribution in [3.8, 4) is 0 Å². The van der Waals surface area contributed by atoms with E-state index in [4.69, 9.17) is 0 Å². The summed E-state index contributed by atoms with van der Waals surface area (Å²) in [5.74, 6) is 0.255. The molecule has 0 radical (unpaired) electrons. The van der Waals surface area contributed by atoms with E-state index in [2.05, 4.69) is 17.4 Å². The number of piperazine rings is 1. The number of rotatable bonds is 2. The maximum atomic E-state index is 13.5. The first kappa shape index (κ1) is 15.7. The fourth-order valence-corrected chi connectivity index (χ4v) is 4.90. The monoisotopic (exact) mass is 326 g/mol. The van der Waals surface area contributed by atoms with Gasteiger partial charge in [0.05, 0.1) is 0 Å². The average Bonchev–Trinajstić information content (AvgIpc) is 3.09. The van der Waals surface area contributed by atoms with Crippen LogP contribution in [-0.4, -0.2) is 27.8 Å². The molecule has 3 aliphatic rings. The molecule has 0 bridgehead atoms. The molecular formula is C20H26N2O2. The molecule has 1 N–H and O–H groups in total. The van der Waals surface area contributed by atoms with Gasteiger partial charge in [-0.05, 0) is 31.2 Å². The van der Waals surface area contributed by atoms with Crippen molar-refractivity contribution in [1.82, 2.24) is 10.2 Å². The summed E-state index contributed by atoms with van der Waals surface area (Å²) in [4.78, 5) is 28.6. The molecule has 1 saturated heterocycles. The quantitative estimate of drug-likeness (QED) is 0.907. The highest BCUT2D eigenvalue weighted by Gasteiger charge is 2.58. The standard InChI is InChI=1S/C20H26N2O2/c23-17-20(13-5-2-6-14-20)22(15-16-9-3-1-4-10-16)18(24)19(21-17)11-7-8-12-19/h1,3-4,9-10H,2,5-8,11-15H2,(H,21,23). The zero-order valence-electron chi connectivity index (χ0n) is 14.2. The van der Waals surface area contributed by atoms with Gasteiger partial charge in [0.25, 0.3) is 0 Å². The number of carbonyl (C=O) groups excluding carboxylic acids is 2. The van der Waals surface area contributed by atoms with Crippen molar-refractivity contribution in [2.75, 3.05) is 0 Å². The molecule has 1 heterocycles. The van der Waals surface area contributed by atoms with Crippen molar-refractivity contribution >= 4 is 11.8 Å².